The first-order valence-electron chi connectivity index (χ1n) is 6.02. The molecule has 0 aliphatic carbocycles. The van der Waals surface area contributed by atoms with Gasteiger partial charge in [0.05, 0.1) is 6.54 Å². The average Bonchev–Trinajstić information content (AvgIpc) is 2.26. The molecular formula is C13H16F2N2O3. The molecule has 1 amide bonds. The van der Waals surface area contributed by atoms with E-state index in [0.717, 1.165) is 12.1 Å². The zero-order valence-corrected chi connectivity index (χ0v) is 11.2. The predicted molar refractivity (Wildman–Crippen MR) is 69.3 cm³/mol. The van der Waals surface area contributed by atoms with Crippen LogP contribution in [0.5, 0.6) is 0 Å². The van der Waals surface area contributed by atoms with Gasteiger partial charge < -0.3 is 10.4 Å². The van der Waals surface area contributed by atoms with Crippen LogP contribution in [0.15, 0.2) is 18.2 Å². The first-order valence-corrected chi connectivity index (χ1v) is 6.02. The number of carboxylic acid groups (broad SMARTS) is 1. The van der Waals surface area contributed by atoms with Crippen molar-refractivity contribution in [3.63, 3.8) is 0 Å². The first-order chi connectivity index (χ1) is 9.33. The number of carbonyl (C=O) groups excluding carboxylic acids is 1. The van der Waals surface area contributed by atoms with Gasteiger partial charge in [-0.25, -0.2) is 8.78 Å². The van der Waals surface area contributed by atoms with Gasteiger partial charge in [-0.3, -0.25) is 14.5 Å². The van der Waals surface area contributed by atoms with E-state index >= 15 is 0 Å². The van der Waals surface area contributed by atoms with E-state index in [9.17, 15) is 18.4 Å². The monoisotopic (exact) mass is 286 g/mol. The SMILES string of the molecule is CCC(C(=O)O)N(C)CC(=O)Nc1cc(F)cc(F)c1. The van der Waals surface area contributed by atoms with Crippen molar-refractivity contribution in [1.29, 1.82) is 0 Å². The summed E-state index contributed by atoms with van der Waals surface area (Å²) in [5, 5.41) is 11.3. The Bertz CT molecular complexity index is 488. The number of aliphatic carboxylic acids is 1. The molecule has 0 heterocycles. The smallest absolute Gasteiger partial charge is 0.320 e. The lowest BCUT2D eigenvalue weighted by molar-refractivity contribution is -0.143. The van der Waals surface area contributed by atoms with E-state index in [2.05, 4.69) is 5.32 Å². The van der Waals surface area contributed by atoms with Crippen LogP contribution in [0.25, 0.3) is 0 Å². The van der Waals surface area contributed by atoms with E-state index in [0.29, 0.717) is 12.5 Å². The van der Waals surface area contributed by atoms with Gasteiger partial charge >= 0.3 is 5.97 Å². The Morgan fingerprint density at radius 3 is 2.30 bits per heavy atom. The number of carboxylic acids is 1. The van der Waals surface area contributed by atoms with Crippen molar-refractivity contribution in [2.24, 2.45) is 0 Å². The fourth-order valence-electron chi connectivity index (χ4n) is 1.84. The van der Waals surface area contributed by atoms with Gasteiger partial charge in [0.25, 0.3) is 0 Å². The standard InChI is InChI=1S/C13H16F2N2O3/c1-3-11(13(19)20)17(2)7-12(18)16-10-5-8(14)4-9(15)6-10/h4-6,11H,3,7H2,1-2H3,(H,16,18)(H,19,20). The zero-order valence-electron chi connectivity index (χ0n) is 11.2. The molecule has 1 aromatic rings. The maximum atomic E-state index is 13.0. The zero-order chi connectivity index (χ0) is 15.3. The number of nitrogens with one attached hydrogen (secondary N) is 1. The lowest BCUT2D eigenvalue weighted by Crippen LogP contribution is -2.42. The first kappa shape index (κ1) is 16.0. The van der Waals surface area contributed by atoms with E-state index < -0.39 is 29.6 Å². The van der Waals surface area contributed by atoms with Crippen molar-refractivity contribution >= 4 is 17.6 Å². The molecule has 0 fully saturated rings. The van der Waals surface area contributed by atoms with E-state index in [1.54, 1.807) is 6.92 Å². The maximum Gasteiger partial charge on any atom is 0.320 e. The molecular weight excluding hydrogens is 270 g/mol. The molecule has 0 radical (unpaired) electrons. The third-order valence-corrected chi connectivity index (χ3v) is 2.74. The van der Waals surface area contributed by atoms with Crippen LogP contribution in [-0.4, -0.2) is 41.5 Å². The lowest BCUT2D eigenvalue weighted by Gasteiger charge is -2.22. The Morgan fingerprint density at radius 2 is 1.85 bits per heavy atom. The van der Waals surface area contributed by atoms with Gasteiger partial charge in [-0.2, -0.15) is 0 Å². The van der Waals surface area contributed by atoms with Crippen molar-refractivity contribution in [2.75, 3.05) is 18.9 Å². The number of hydrogen-bond acceptors (Lipinski definition) is 3. The van der Waals surface area contributed by atoms with E-state index in [4.69, 9.17) is 5.11 Å². The number of anilines is 1. The summed E-state index contributed by atoms with van der Waals surface area (Å²) >= 11 is 0. The van der Waals surface area contributed by atoms with E-state index in [1.165, 1.54) is 11.9 Å². The topological polar surface area (TPSA) is 69.6 Å². The molecule has 20 heavy (non-hydrogen) atoms. The number of amides is 1. The second-order valence-corrected chi connectivity index (χ2v) is 4.38. The van der Waals surface area contributed by atoms with Crippen molar-refractivity contribution in [3.8, 4) is 0 Å². The number of nitrogens with zero attached hydrogens (tertiary/aromatic N) is 1. The molecule has 1 aromatic carbocycles. The number of benzene rings is 1. The number of halogens is 2. The molecule has 1 atom stereocenters. The molecule has 5 nitrogen and oxygen atoms in total. The van der Waals surface area contributed by atoms with Crippen molar-refractivity contribution in [2.45, 2.75) is 19.4 Å². The summed E-state index contributed by atoms with van der Waals surface area (Å²) in [4.78, 5) is 24.0. The third-order valence-electron chi connectivity index (χ3n) is 2.74. The highest BCUT2D eigenvalue weighted by Gasteiger charge is 2.22. The summed E-state index contributed by atoms with van der Waals surface area (Å²) in [5.74, 6) is -3.17. The average molecular weight is 286 g/mol. The normalized spacial score (nSPS) is 12.2. The quantitative estimate of drug-likeness (QED) is 0.835. The second-order valence-electron chi connectivity index (χ2n) is 4.38. The summed E-state index contributed by atoms with van der Waals surface area (Å²) < 4.78 is 25.9. The fourth-order valence-corrected chi connectivity index (χ4v) is 1.84. The summed E-state index contributed by atoms with van der Waals surface area (Å²) in [6.45, 7) is 1.50. The number of carbonyl (C=O) groups is 2. The van der Waals surface area contributed by atoms with Gasteiger partial charge in [0, 0.05) is 11.8 Å². The fraction of sp³-hybridized carbons (Fsp3) is 0.385. The Kier molecular flexibility index (Phi) is 5.57. The Labute approximate surface area is 115 Å². The molecule has 0 aromatic heterocycles. The van der Waals surface area contributed by atoms with Crippen molar-refractivity contribution < 1.29 is 23.5 Å². The van der Waals surface area contributed by atoms with Gasteiger partial charge in [0.15, 0.2) is 0 Å². The third kappa shape index (κ3) is 4.58. The highest BCUT2D eigenvalue weighted by molar-refractivity contribution is 5.92. The second kappa shape index (κ2) is 6.95. The molecule has 110 valence electrons. The molecule has 1 unspecified atom stereocenters. The highest BCUT2D eigenvalue weighted by Crippen LogP contribution is 2.13. The van der Waals surface area contributed by atoms with E-state index in [-0.39, 0.29) is 12.2 Å². The minimum atomic E-state index is -1.03. The predicted octanol–water partition coefficient (Wildman–Crippen LogP) is 1.70. The van der Waals surface area contributed by atoms with Gasteiger partial charge in [0.1, 0.15) is 17.7 Å². The molecule has 0 spiro atoms. The van der Waals surface area contributed by atoms with Crippen molar-refractivity contribution in [1.82, 2.24) is 4.90 Å². The van der Waals surface area contributed by atoms with Crippen LogP contribution < -0.4 is 5.32 Å². The summed E-state index contributed by atoms with van der Waals surface area (Å²) in [7, 11) is 1.49. The van der Waals surface area contributed by atoms with Gasteiger partial charge in [-0.05, 0) is 25.6 Å². The minimum absolute atomic E-state index is 0.00993. The molecule has 7 heteroatoms. The van der Waals surface area contributed by atoms with Crippen LogP contribution in [0.2, 0.25) is 0 Å². The Morgan fingerprint density at radius 1 is 1.30 bits per heavy atom. The van der Waals surface area contributed by atoms with Crippen LogP contribution in [0.3, 0.4) is 0 Å². The Balaban J connectivity index is 2.65. The minimum Gasteiger partial charge on any atom is -0.480 e. The van der Waals surface area contributed by atoms with Crippen LogP contribution in [0.4, 0.5) is 14.5 Å². The lowest BCUT2D eigenvalue weighted by atomic mass is 10.2. The number of rotatable bonds is 6. The maximum absolute atomic E-state index is 13.0. The summed E-state index contributed by atoms with van der Waals surface area (Å²) in [6.07, 6.45) is 0.341. The van der Waals surface area contributed by atoms with Crippen LogP contribution in [0, 0.1) is 11.6 Å². The summed E-state index contributed by atoms with van der Waals surface area (Å²) in [5.41, 5.74) is -0.00993. The molecule has 0 saturated carbocycles. The van der Waals surface area contributed by atoms with Crippen LogP contribution in [-0.2, 0) is 9.59 Å². The summed E-state index contributed by atoms with van der Waals surface area (Å²) in [6, 6.07) is 1.87. The van der Waals surface area contributed by atoms with Gasteiger partial charge in [-0.15, -0.1) is 0 Å². The molecule has 1 rings (SSSR count). The van der Waals surface area contributed by atoms with Crippen LogP contribution >= 0.6 is 0 Å². The van der Waals surface area contributed by atoms with Crippen LogP contribution in [0.1, 0.15) is 13.3 Å². The molecule has 0 aliphatic rings. The molecule has 0 saturated heterocycles. The molecule has 0 aliphatic heterocycles. The van der Waals surface area contributed by atoms with E-state index in [1.807, 2.05) is 0 Å². The van der Waals surface area contributed by atoms with Gasteiger partial charge in [0.2, 0.25) is 5.91 Å². The Hall–Kier alpha value is -2.02. The highest BCUT2D eigenvalue weighted by atomic mass is 19.1. The van der Waals surface area contributed by atoms with Gasteiger partial charge in [-0.1, -0.05) is 6.92 Å². The number of likely N-dealkylation sites (N-methyl/N-ethyl adjacent to an activating group) is 1. The van der Waals surface area contributed by atoms with Crippen molar-refractivity contribution in [3.05, 3.63) is 29.8 Å². The largest absolute Gasteiger partial charge is 0.480 e. The number of hydrogen-bond donors (Lipinski definition) is 2. The molecule has 0 bridgehead atoms. The molecule has 2 N–H and O–H groups in total.